The van der Waals surface area contributed by atoms with Gasteiger partial charge in [-0.15, -0.1) is 0 Å². The van der Waals surface area contributed by atoms with Gasteiger partial charge in [-0.25, -0.2) is 4.98 Å². The molecule has 2 saturated carbocycles. The maximum absolute atomic E-state index is 12.0. The number of rotatable bonds is 5. The molecule has 2 aliphatic rings. The van der Waals surface area contributed by atoms with Crippen molar-refractivity contribution < 1.29 is 9.90 Å². The minimum absolute atomic E-state index is 0.0232. The molecule has 18 heavy (non-hydrogen) atoms. The van der Waals surface area contributed by atoms with Crippen LogP contribution >= 0.6 is 11.3 Å². The van der Waals surface area contributed by atoms with Gasteiger partial charge in [0.15, 0.2) is 5.13 Å². The number of nitrogens with one attached hydrogen (secondary N) is 2. The minimum Gasteiger partial charge on any atom is -0.394 e. The molecule has 2 aliphatic carbocycles. The molecule has 0 saturated heterocycles. The Hall–Kier alpha value is -1.34. The number of carbonyl (C=O) groups is 1. The van der Waals surface area contributed by atoms with Gasteiger partial charge in [0.2, 0.25) is 0 Å². The lowest BCUT2D eigenvalue weighted by molar-refractivity contribution is 0.0911. The number of nitrogen functional groups attached to an aromatic ring is 1. The molecule has 0 unspecified atom stereocenters. The molecule has 98 valence electrons. The van der Waals surface area contributed by atoms with E-state index in [0.717, 1.165) is 25.7 Å². The van der Waals surface area contributed by atoms with E-state index < -0.39 is 5.54 Å². The summed E-state index contributed by atoms with van der Waals surface area (Å²) >= 11 is 1.27. The number of nitrogens with zero attached hydrogens (tertiary/aromatic N) is 1. The summed E-state index contributed by atoms with van der Waals surface area (Å²) in [6.45, 7) is -0.0232. The summed E-state index contributed by atoms with van der Waals surface area (Å²) < 4.78 is 0. The fourth-order valence-electron chi connectivity index (χ4n) is 1.73. The monoisotopic (exact) mass is 268 g/mol. The highest BCUT2D eigenvalue weighted by Gasteiger charge is 2.44. The fraction of sp³-hybridized carbons (Fsp3) is 0.636. The van der Waals surface area contributed by atoms with E-state index in [1.54, 1.807) is 0 Å². The maximum atomic E-state index is 12.0. The second-order valence-electron chi connectivity index (χ2n) is 5.04. The smallest absolute Gasteiger partial charge is 0.265 e. The average molecular weight is 268 g/mol. The fourth-order valence-corrected chi connectivity index (χ4v) is 2.59. The SMILES string of the molecule is Nc1nc(NC2CC2)sc1C(=O)NC1(CO)CC1. The summed E-state index contributed by atoms with van der Waals surface area (Å²) in [7, 11) is 0. The lowest BCUT2D eigenvalue weighted by Crippen LogP contribution is -2.39. The molecule has 7 heteroatoms. The van der Waals surface area contributed by atoms with Crippen molar-refractivity contribution in [1.82, 2.24) is 10.3 Å². The van der Waals surface area contributed by atoms with Crippen LogP contribution in [0.2, 0.25) is 0 Å². The number of aromatic nitrogens is 1. The third-order valence-corrected chi connectivity index (χ3v) is 4.30. The molecule has 2 fully saturated rings. The number of carbonyl (C=O) groups excluding carboxylic acids is 1. The Morgan fingerprint density at radius 2 is 2.28 bits per heavy atom. The van der Waals surface area contributed by atoms with Crippen molar-refractivity contribution in [3.63, 3.8) is 0 Å². The summed E-state index contributed by atoms with van der Waals surface area (Å²) in [5.74, 6) is 0.0230. The molecule has 1 amide bonds. The van der Waals surface area contributed by atoms with Crippen molar-refractivity contribution in [2.45, 2.75) is 37.3 Å². The van der Waals surface area contributed by atoms with E-state index >= 15 is 0 Å². The summed E-state index contributed by atoms with van der Waals surface area (Å²) in [4.78, 5) is 16.6. The van der Waals surface area contributed by atoms with Gasteiger partial charge in [-0.05, 0) is 25.7 Å². The van der Waals surface area contributed by atoms with E-state index in [0.29, 0.717) is 16.1 Å². The molecule has 1 aromatic heterocycles. The molecule has 0 bridgehead atoms. The van der Waals surface area contributed by atoms with Gasteiger partial charge in [0.05, 0.1) is 12.1 Å². The van der Waals surface area contributed by atoms with Gasteiger partial charge < -0.3 is 21.5 Å². The van der Waals surface area contributed by atoms with Crippen LogP contribution < -0.4 is 16.4 Å². The molecule has 0 aliphatic heterocycles. The third-order valence-electron chi connectivity index (χ3n) is 3.30. The average Bonchev–Trinajstić information content (AvgIpc) is 3.23. The molecule has 3 rings (SSSR count). The Kier molecular flexibility index (Phi) is 2.67. The van der Waals surface area contributed by atoms with E-state index in [2.05, 4.69) is 15.6 Å². The molecule has 0 atom stereocenters. The third kappa shape index (κ3) is 2.28. The maximum Gasteiger partial charge on any atom is 0.265 e. The first-order valence-corrected chi connectivity index (χ1v) is 6.90. The topological polar surface area (TPSA) is 100 Å². The molecule has 1 heterocycles. The molecular weight excluding hydrogens is 252 g/mol. The molecule has 0 radical (unpaired) electrons. The summed E-state index contributed by atoms with van der Waals surface area (Å²) in [6.07, 6.45) is 3.94. The summed E-state index contributed by atoms with van der Waals surface area (Å²) in [5.41, 5.74) is 5.34. The Balaban J connectivity index is 1.70. The number of hydrogen-bond donors (Lipinski definition) is 4. The van der Waals surface area contributed by atoms with Crippen molar-refractivity contribution >= 4 is 28.2 Å². The first-order valence-electron chi connectivity index (χ1n) is 6.08. The van der Waals surface area contributed by atoms with Crippen LogP contribution in [-0.2, 0) is 0 Å². The summed E-state index contributed by atoms with van der Waals surface area (Å²) in [6, 6.07) is 0.485. The quantitative estimate of drug-likeness (QED) is 0.625. The van der Waals surface area contributed by atoms with Crippen LogP contribution in [0.5, 0.6) is 0 Å². The van der Waals surface area contributed by atoms with Crippen LogP contribution in [0.1, 0.15) is 35.4 Å². The number of amides is 1. The molecule has 6 nitrogen and oxygen atoms in total. The van der Waals surface area contributed by atoms with Crippen LogP contribution in [0.15, 0.2) is 0 Å². The second kappa shape index (κ2) is 4.10. The number of aliphatic hydroxyl groups is 1. The number of thiazole rings is 1. The number of anilines is 2. The molecular formula is C11H16N4O2S. The Morgan fingerprint density at radius 1 is 1.56 bits per heavy atom. The lowest BCUT2D eigenvalue weighted by atomic mass is 10.3. The first kappa shape index (κ1) is 11.7. The predicted molar refractivity (Wildman–Crippen MR) is 69.7 cm³/mol. The van der Waals surface area contributed by atoms with Crippen molar-refractivity contribution in [3.05, 3.63) is 4.88 Å². The first-order chi connectivity index (χ1) is 8.62. The predicted octanol–water partition coefficient (Wildman–Crippen LogP) is 0.554. The van der Waals surface area contributed by atoms with Gasteiger partial charge in [0.25, 0.3) is 5.91 Å². The Morgan fingerprint density at radius 3 is 2.83 bits per heavy atom. The highest BCUT2D eigenvalue weighted by Crippen LogP contribution is 2.36. The Labute approximate surface area is 109 Å². The van der Waals surface area contributed by atoms with Crippen molar-refractivity contribution in [2.75, 3.05) is 17.7 Å². The van der Waals surface area contributed by atoms with Crippen LogP contribution in [0.4, 0.5) is 10.9 Å². The van der Waals surface area contributed by atoms with Crippen molar-refractivity contribution in [2.24, 2.45) is 0 Å². The number of hydrogen-bond acceptors (Lipinski definition) is 6. The lowest BCUT2D eigenvalue weighted by Gasteiger charge is -2.13. The zero-order valence-corrected chi connectivity index (χ0v) is 10.7. The van der Waals surface area contributed by atoms with Crippen LogP contribution in [-0.4, -0.2) is 34.2 Å². The number of aliphatic hydroxyl groups excluding tert-OH is 1. The highest BCUT2D eigenvalue weighted by molar-refractivity contribution is 7.18. The van der Waals surface area contributed by atoms with E-state index in [9.17, 15) is 9.90 Å². The minimum atomic E-state index is -0.419. The van der Waals surface area contributed by atoms with Crippen LogP contribution in [0.3, 0.4) is 0 Å². The van der Waals surface area contributed by atoms with E-state index in [-0.39, 0.29) is 18.3 Å². The van der Waals surface area contributed by atoms with Gasteiger partial charge >= 0.3 is 0 Å². The van der Waals surface area contributed by atoms with Crippen LogP contribution in [0.25, 0.3) is 0 Å². The zero-order valence-electron chi connectivity index (χ0n) is 9.90. The Bertz CT molecular complexity index is 479. The standard InChI is InChI=1S/C11H16N4O2S/c12-8-7(9(17)15-11(5-16)3-4-11)18-10(14-8)13-6-1-2-6/h6,16H,1-5,12H2,(H,13,14)(H,15,17). The molecule has 5 N–H and O–H groups in total. The molecule has 1 aromatic rings. The normalized spacial score (nSPS) is 20.5. The highest BCUT2D eigenvalue weighted by atomic mass is 32.1. The van der Waals surface area contributed by atoms with Gasteiger partial charge in [-0.2, -0.15) is 0 Å². The van der Waals surface area contributed by atoms with Crippen LogP contribution in [0, 0.1) is 0 Å². The second-order valence-corrected chi connectivity index (χ2v) is 6.04. The zero-order chi connectivity index (χ0) is 12.8. The van der Waals surface area contributed by atoms with E-state index in [4.69, 9.17) is 5.73 Å². The van der Waals surface area contributed by atoms with E-state index in [1.807, 2.05) is 0 Å². The molecule has 0 spiro atoms. The molecule has 0 aromatic carbocycles. The number of nitrogens with two attached hydrogens (primary N) is 1. The van der Waals surface area contributed by atoms with Gasteiger partial charge in [-0.3, -0.25) is 4.79 Å². The largest absolute Gasteiger partial charge is 0.394 e. The van der Waals surface area contributed by atoms with Gasteiger partial charge in [0, 0.05) is 6.04 Å². The van der Waals surface area contributed by atoms with Gasteiger partial charge in [0.1, 0.15) is 10.7 Å². The van der Waals surface area contributed by atoms with Crippen molar-refractivity contribution in [3.8, 4) is 0 Å². The summed E-state index contributed by atoms with van der Waals surface area (Å²) in [5, 5.41) is 15.9. The van der Waals surface area contributed by atoms with Gasteiger partial charge in [-0.1, -0.05) is 11.3 Å². The van der Waals surface area contributed by atoms with E-state index in [1.165, 1.54) is 11.3 Å². The van der Waals surface area contributed by atoms with Crippen molar-refractivity contribution in [1.29, 1.82) is 0 Å².